The molecule has 8 heteroatoms. The highest BCUT2D eigenvalue weighted by atomic mass is 32.2. The molecule has 0 fully saturated rings. The SMILES string of the molecule is CCC(=O)Nc1cc(-c2ccc(CS(=O)(=O)CC)c(F)c2)c2cc[nH]c2n1. The van der Waals surface area contributed by atoms with Gasteiger partial charge >= 0.3 is 0 Å². The van der Waals surface area contributed by atoms with Crippen LogP contribution < -0.4 is 5.32 Å². The van der Waals surface area contributed by atoms with Crippen molar-refractivity contribution in [3.8, 4) is 11.1 Å². The number of carbonyl (C=O) groups excluding carboxylic acids is 1. The predicted molar refractivity (Wildman–Crippen MR) is 104 cm³/mol. The number of hydrogen-bond acceptors (Lipinski definition) is 4. The molecule has 2 heterocycles. The van der Waals surface area contributed by atoms with Gasteiger partial charge in [-0.25, -0.2) is 17.8 Å². The van der Waals surface area contributed by atoms with E-state index in [1.54, 1.807) is 25.3 Å². The molecule has 3 aromatic rings. The largest absolute Gasteiger partial charge is 0.346 e. The normalized spacial score (nSPS) is 11.7. The number of benzene rings is 1. The van der Waals surface area contributed by atoms with Gasteiger partial charge in [-0.05, 0) is 29.3 Å². The maximum absolute atomic E-state index is 14.5. The number of aromatic amines is 1. The second kappa shape index (κ2) is 7.48. The molecule has 0 radical (unpaired) electrons. The Kier molecular flexibility index (Phi) is 5.27. The van der Waals surface area contributed by atoms with Crippen molar-refractivity contribution in [3.63, 3.8) is 0 Å². The number of anilines is 1. The molecule has 1 aromatic carbocycles. The third-order valence-electron chi connectivity index (χ3n) is 4.30. The van der Waals surface area contributed by atoms with Gasteiger partial charge in [0.2, 0.25) is 5.91 Å². The molecule has 1 amide bonds. The number of aromatic nitrogens is 2. The Morgan fingerprint density at radius 2 is 2.00 bits per heavy atom. The Bertz CT molecular complexity index is 1110. The molecule has 0 atom stereocenters. The van der Waals surface area contributed by atoms with Gasteiger partial charge < -0.3 is 10.3 Å². The number of sulfone groups is 1. The number of hydrogen-bond donors (Lipinski definition) is 2. The van der Waals surface area contributed by atoms with Gasteiger partial charge in [0.05, 0.1) is 5.75 Å². The standard InChI is InChI=1S/C19H20FN3O3S/c1-3-18(24)22-17-10-15(14-7-8-21-19(14)23-17)12-5-6-13(16(20)9-12)11-27(25,26)4-2/h5-10H,3-4,11H2,1-2H3,(H2,21,22,23,24). The van der Waals surface area contributed by atoms with Crippen molar-refractivity contribution in [2.24, 2.45) is 0 Å². The van der Waals surface area contributed by atoms with Crippen molar-refractivity contribution in [2.45, 2.75) is 26.0 Å². The van der Waals surface area contributed by atoms with Crippen molar-refractivity contribution < 1.29 is 17.6 Å². The Balaban J connectivity index is 2.05. The fourth-order valence-corrected chi connectivity index (χ4v) is 3.65. The zero-order valence-corrected chi connectivity index (χ0v) is 15.9. The molecule has 6 nitrogen and oxygen atoms in total. The molecule has 2 N–H and O–H groups in total. The van der Waals surface area contributed by atoms with Gasteiger partial charge in [0.25, 0.3) is 0 Å². The van der Waals surface area contributed by atoms with Crippen LogP contribution in [0.1, 0.15) is 25.8 Å². The lowest BCUT2D eigenvalue weighted by atomic mass is 10.0. The average molecular weight is 389 g/mol. The highest BCUT2D eigenvalue weighted by molar-refractivity contribution is 7.90. The number of fused-ring (bicyclic) bond motifs is 1. The van der Waals surface area contributed by atoms with Crippen molar-refractivity contribution in [1.29, 1.82) is 0 Å². The van der Waals surface area contributed by atoms with E-state index in [1.165, 1.54) is 19.1 Å². The lowest BCUT2D eigenvalue weighted by Crippen LogP contribution is -2.11. The summed E-state index contributed by atoms with van der Waals surface area (Å²) in [7, 11) is -3.32. The van der Waals surface area contributed by atoms with Crippen LogP contribution in [0.25, 0.3) is 22.2 Å². The van der Waals surface area contributed by atoms with Crippen LogP contribution in [0.4, 0.5) is 10.2 Å². The molecule has 0 saturated heterocycles. The predicted octanol–water partition coefficient (Wildman–Crippen LogP) is 3.65. The Hall–Kier alpha value is -2.74. The van der Waals surface area contributed by atoms with Crippen LogP contribution in [0.2, 0.25) is 0 Å². The quantitative estimate of drug-likeness (QED) is 0.673. The lowest BCUT2D eigenvalue weighted by Gasteiger charge is -2.10. The van der Waals surface area contributed by atoms with E-state index in [-0.39, 0.29) is 23.0 Å². The first-order valence-corrected chi connectivity index (χ1v) is 10.4. The number of H-pyrrole nitrogens is 1. The summed E-state index contributed by atoms with van der Waals surface area (Å²) in [6, 6.07) is 7.98. The third-order valence-corrected chi connectivity index (χ3v) is 5.93. The fraction of sp³-hybridized carbons (Fsp3) is 0.263. The molecule has 3 rings (SSSR count). The third kappa shape index (κ3) is 4.16. The van der Waals surface area contributed by atoms with Gasteiger partial charge in [0.15, 0.2) is 9.84 Å². The van der Waals surface area contributed by atoms with Crippen LogP contribution in [-0.2, 0) is 20.4 Å². The minimum absolute atomic E-state index is 0.0387. The number of nitrogens with one attached hydrogen (secondary N) is 2. The molecule has 0 aliphatic carbocycles. The van der Waals surface area contributed by atoms with Gasteiger partial charge in [0.1, 0.15) is 17.3 Å². The molecule has 0 spiro atoms. The molecular weight excluding hydrogens is 369 g/mol. The van der Waals surface area contributed by atoms with Crippen LogP contribution in [0.15, 0.2) is 36.5 Å². The van der Waals surface area contributed by atoms with E-state index in [4.69, 9.17) is 0 Å². The second-order valence-electron chi connectivity index (χ2n) is 6.18. The first kappa shape index (κ1) is 19.0. The molecule has 0 bridgehead atoms. The topological polar surface area (TPSA) is 91.9 Å². The second-order valence-corrected chi connectivity index (χ2v) is 8.53. The van der Waals surface area contributed by atoms with E-state index in [1.807, 2.05) is 6.07 Å². The molecule has 2 aromatic heterocycles. The van der Waals surface area contributed by atoms with Gasteiger partial charge in [-0.1, -0.05) is 26.0 Å². The smallest absolute Gasteiger partial charge is 0.225 e. The number of carbonyl (C=O) groups is 1. The van der Waals surface area contributed by atoms with E-state index in [0.717, 1.165) is 5.39 Å². The molecule has 0 unspecified atom stereocenters. The summed E-state index contributed by atoms with van der Waals surface area (Å²) in [6.07, 6.45) is 2.03. The molecule has 27 heavy (non-hydrogen) atoms. The van der Waals surface area contributed by atoms with Crippen molar-refractivity contribution >= 4 is 32.6 Å². The van der Waals surface area contributed by atoms with Gasteiger partial charge in [-0.3, -0.25) is 4.79 Å². The van der Waals surface area contributed by atoms with Crippen LogP contribution >= 0.6 is 0 Å². The number of rotatable bonds is 6. The Labute approximate surface area is 156 Å². The van der Waals surface area contributed by atoms with Crippen LogP contribution in [-0.4, -0.2) is 30.0 Å². The van der Waals surface area contributed by atoms with Crippen molar-refractivity contribution in [1.82, 2.24) is 9.97 Å². The van der Waals surface area contributed by atoms with Crippen molar-refractivity contribution in [3.05, 3.63) is 47.9 Å². The summed E-state index contributed by atoms with van der Waals surface area (Å²) in [5.74, 6) is -0.758. The van der Waals surface area contributed by atoms with Crippen LogP contribution in [0.5, 0.6) is 0 Å². The Morgan fingerprint density at radius 1 is 1.22 bits per heavy atom. The summed E-state index contributed by atoms with van der Waals surface area (Å²) in [4.78, 5) is 19.0. The minimum atomic E-state index is -3.32. The average Bonchev–Trinajstić information content (AvgIpc) is 3.11. The monoisotopic (exact) mass is 389 g/mol. The molecule has 142 valence electrons. The zero-order valence-electron chi connectivity index (χ0n) is 15.0. The summed E-state index contributed by atoms with van der Waals surface area (Å²) < 4.78 is 38.1. The number of pyridine rings is 1. The van der Waals surface area contributed by atoms with Crippen LogP contribution in [0, 0.1) is 5.82 Å². The van der Waals surface area contributed by atoms with Crippen molar-refractivity contribution in [2.75, 3.05) is 11.1 Å². The number of amides is 1. The van der Waals surface area contributed by atoms with Gasteiger partial charge in [0, 0.05) is 29.3 Å². The van der Waals surface area contributed by atoms with E-state index in [0.29, 0.717) is 29.0 Å². The lowest BCUT2D eigenvalue weighted by molar-refractivity contribution is -0.115. The van der Waals surface area contributed by atoms with E-state index >= 15 is 0 Å². The maximum Gasteiger partial charge on any atom is 0.225 e. The number of nitrogens with zero attached hydrogens (tertiary/aromatic N) is 1. The minimum Gasteiger partial charge on any atom is -0.346 e. The molecular formula is C19H20FN3O3S. The van der Waals surface area contributed by atoms with E-state index in [9.17, 15) is 17.6 Å². The van der Waals surface area contributed by atoms with Gasteiger partial charge in [-0.15, -0.1) is 0 Å². The van der Waals surface area contributed by atoms with E-state index < -0.39 is 15.7 Å². The molecule has 0 aliphatic heterocycles. The maximum atomic E-state index is 14.5. The summed E-state index contributed by atoms with van der Waals surface area (Å²) in [5.41, 5.74) is 1.97. The Morgan fingerprint density at radius 3 is 2.67 bits per heavy atom. The first-order chi connectivity index (χ1) is 12.8. The van der Waals surface area contributed by atoms with Crippen LogP contribution in [0.3, 0.4) is 0 Å². The van der Waals surface area contributed by atoms with E-state index in [2.05, 4.69) is 15.3 Å². The highest BCUT2D eigenvalue weighted by Gasteiger charge is 2.15. The summed E-state index contributed by atoms with van der Waals surface area (Å²) >= 11 is 0. The zero-order chi connectivity index (χ0) is 19.6. The highest BCUT2D eigenvalue weighted by Crippen LogP contribution is 2.31. The fourth-order valence-electron chi connectivity index (χ4n) is 2.74. The summed E-state index contributed by atoms with van der Waals surface area (Å²) in [5, 5.41) is 3.48. The number of halogens is 1. The van der Waals surface area contributed by atoms with Gasteiger partial charge in [-0.2, -0.15) is 0 Å². The molecule has 0 aliphatic rings. The molecule has 0 saturated carbocycles. The summed E-state index contributed by atoms with van der Waals surface area (Å²) in [6.45, 7) is 3.27. The first-order valence-electron chi connectivity index (χ1n) is 8.60.